The van der Waals surface area contributed by atoms with Gasteiger partial charge in [-0.1, -0.05) is 30.3 Å². The van der Waals surface area contributed by atoms with Crippen LogP contribution in [0.4, 0.5) is 5.69 Å². The van der Waals surface area contributed by atoms with Crippen molar-refractivity contribution in [3.8, 4) is 5.69 Å². The Labute approximate surface area is 182 Å². The Morgan fingerprint density at radius 1 is 1.00 bits per heavy atom. The van der Waals surface area contributed by atoms with Gasteiger partial charge in [0.15, 0.2) is 0 Å². The molecule has 2 aromatic carbocycles. The summed E-state index contributed by atoms with van der Waals surface area (Å²) in [5.74, 6) is -0.332. The number of amides is 1. The Kier molecular flexibility index (Phi) is 5.93. The number of aromatic nitrogens is 2. The molecule has 3 aromatic rings. The first kappa shape index (κ1) is 21.3. The second kappa shape index (κ2) is 8.64. The molecule has 1 aliphatic rings. The third kappa shape index (κ3) is 4.40. The molecule has 0 spiro atoms. The van der Waals surface area contributed by atoms with E-state index < -0.39 is 10.0 Å². The highest BCUT2D eigenvalue weighted by Crippen LogP contribution is 2.27. The molecule has 1 aliphatic heterocycles. The molecule has 0 atom stereocenters. The SMILES string of the molecule is Cc1cc(C)n(-c2ccccc2NC(=O)C2CCN(S(=O)(=O)c3ccccc3)CC2)n1. The van der Waals surface area contributed by atoms with E-state index in [4.69, 9.17) is 0 Å². The lowest BCUT2D eigenvalue weighted by Gasteiger charge is -2.30. The second-order valence-corrected chi connectivity index (χ2v) is 9.77. The molecule has 2 heterocycles. The molecule has 1 fully saturated rings. The van der Waals surface area contributed by atoms with E-state index in [1.807, 2.05) is 48.9 Å². The minimum Gasteiger partial charge on any atom is -0.324 e. The van der Waals surface area contributed by atoms with E-state index in [1.54, 1.807) is 30.3 Å². The van der Waals surface area contributed by atoms with Crippen LogP contribution in [0, 0.1) is 19.8 Å². The molecule has 8 heteroatoms. The number of sulfonamides is 1. The first-order chi connectivity index (χ1) is 14.9. The summed E-state index contributed by atoms with van der Waals surface area (Å²) < 4.78 is 28.9. The highest BCUT2D eigenvalue weighted by atomic mass is 32.2. The number of hydrogen-bond acceptors (Lipinski definition) is 4. The lowest BCUT2D eigenvalue weighted by molar-refractivity contribution is -0.120. The second-order valence-electron chi connectivity index (χ2n) is 7.84. The fourth-order valence-corrected chi connectivity index (χ4v) is 5.46. The lowest BCUT2D eigenvalue weighted by Crippen LogP contribution is -2.41. The Morgan fingerprint density at radius 2 is 1.65 bits per heavy atom. The molecule has 0 radical (unpaired) electrons. The average Bonchev–Trinajstić information content (AvgIpc) is 3.12. The van der Waals surface area contributed by atoms with Gasteiger partial charge in [-0.25, -0.2) is 13.1 Å². The van der Waals surface area contributed by atoms with Gasteiger partial charge in [-0.3, -0.25) is 4.79 Å². The maximum absolute atomic E-state index is 13.0. The highest BCUT2D eigenvalue weighted by molar-refractivity contribution is 7.89. The monoisotopic (exact) mass is 438 g/mol. The molecule has 1 amide bonds. The van der Waals surface area contributed by atoms with Crippen molar-refractivity contribution < 1.29 is 13.2 Å². The van der Waals surface area contributed by atoms with Crippen LogP contribution in [0.25, 0.3) is 5.69 Å². The molecule has 1 aromatic heterocycles. The maximum atomic E-state index is 13.0. The fraction of sp³-hybridized carbons (Fsp3) is 0.304. The van der Waals surface area contributed by atoms with Gasteiger partial charge in [0.05, 0.1) is 22.0 Å². The van der Waals surface area contributed by atoms with Crippen molar-refractivity contribution in [3.05, 3.63) is 72.1 Å². The molecular formula is C23H26N4O3S. The smallest absolute Gasteiger partial charge is 0.243 e. The maximum Gasteiger partial charge on any atom is 0.243 e. The average molecular weight is 439 g/mol. The van der Waals surface area contributed by atoms with Gasteiger partial charge in [-0.2, -0.15) is 9.40 Å². The van der Waals surface area contributed by atoms with Crippen LogP contribution in [0.1, 0.15) is 24.2 Å². The molecule has 1 N–H and O–H groups in total. The van der Waals surface area contributed by atoms with Crippen molar-refractivity contribution >= 4 is 21.6 Å². The largest absolute Gasteiger partial charge is 0.324 e. The van der Waals surface area contributed by atoms with Gasteiger partial charge in [0.25, 0.3) is 0 Å². The lowest BCUT2D eigenvalue weighted by atomic mass is 9.97. The van der Waals surface area contributed by atoms with Crippen LogP contribution in [0.15, 0.2) is 65.6 Å². The van der Waals surface area contributed by atoms with Crippen LogP contribution < -0.4 is 5.32 Å². The van der Waals surface area contributed by atoms with Gasteiger partial charge in [-0.15, -0.1) is 0 Å². The third-order valence-electron chi connectivity index (χ3n) is 5.61. The van der Waals surface area contributed by atoms with Crippen molar-refractivity contribution in [2.45, 2.75) is 31.6 Å². The zero-order valence-corrected chi connectivity index (χ0v) is 18.5. The van der Waals surface area contributed by atoms with Crippen LogP contribution in [-0.4, -0.2) is 41.5 Å². The van der Waals surface area contributed by atoms with Crippen molar-refractivity contribution in [2.75, 3.05) is 18.4 Å². The topological polar surface area (TPSA) is 84.3 Å². The molecule has 0 aliphatic carbocycles. The van der Waals surface area contributed by atoms with Gasteiger partial charge >= 0.3 is 0 Å². The van der Waals surface area contributed by atoms with Crippen molar-refractivity contribution in [2.24, 2.45) is 5.92 Å². The molecule has 4 rings (SSSR count). The van der Waals surface area contributed by atoms with Crippen molar-refractivity contribution in [1.82, 2.24) is 14.1 Å². The number of piperidine rings is 1. The molecule has 0 unspecified atom stereocenters. The van der Waals surface area contributed by atoms with E-state index in [1.165, 1.54) is 4.31 Å². The Hall–Kier alpha value is -2.97. The van der Waals surface area contributed by atoms with Crippen LogP contribution >= 0.6 is 0 Å². The number of aryl methyl sites for hydroxylation is 2. The molecular weight excluding hydrogens is 412 g/mol. The first-order valence-corrected chi connectivity index (χ1v) is 11.8. The van der Waals surface area contributed by atoms with Gasteiger partial charge in [0.1, 0.15) is 0 Å². The number of carbonyl (C=O) groups excluding carboxylic acids is 1. The molecule has 162 valence electrons. The van der Waals surface area contributed by atoms with Crippen LogP contribution in [-0.2, 0) is 14.8 Å². The molecule has 1 saturated heterocycles. The summed E-state index contributed by atoms with van der Waals surface area (Å²) in [6.07, 6.45) is 0.972. The van der Waals surface area contributed by atoms with E-state index in [2.05, 4.69) is 10.4 Å². The normalized spacial score (nSPS) is 15.7. The molecule has 0 bridgehead atoms. The van der Waals surface area contributed by atoms with Crippen molar-refractivity contribution in [3.63, 3.8) is 0 Å². The summed E-state index contributed by atoms with van der Waals surface area (Å²) in [5.41, 5.74) is 3.40. The highest BCUT2D eigenvalue weighted by Gasteiger charge is 2.32. The molecule has 31 heavy (non-hydrogen) atoms. The summed E-state index contributed by atoms with van der Waals surface area (Å²) in [6.45, 7) is 4.56. The first-order valence-electron chi connectivity index (χ1n) is 10.3. The van der Waals surface area contributed by atoms with E-state index in [0.29, 0.717) is 31.6 Å². The van der Waals surface area contributed by atoms with Gasteiger partial charge in [0, 0.05) is 24.7 Å². The number of carbonyl (C=O) groups is 1. The van der Waals surface area contributed by atoms with E-state index in [9.17, 15) is 13.2 Å². The summed E-state index contributed by atoms with van der Waals surface area (Å²) in [7, 11) is -3.53. The van der Waals surface area contributed by atoms with Gasteiger partial charge < -0.3 is 5.32 Å². The summed E-state index contributed by atoms with van der Waals surface area (Å²) >= 11 is 0. The quantitative estimate of drug-likeness (QED) is 0.661. The summed E-state index contributed by atoms with van der Waals surface area (Å²) in [5, 5.41) is 7.55. The Bertz CT molecular complexity index is 1180. The Morgan fingerprint density at radius 3 is 2.29 bits per heavy atom. The number of hydrogen-bond donors (Lipinski definition) is 1. The van der Waals surface area contributed by atoms with E-state index >= 15 is 0 Å². The number of nitrogens with zero attached hydrogens (tertiary/aromatic N) is 3. The minimum atomic E-state index is -3.53. The number of para-hydroxylation sites is 2. The fourth-order valence-electron chi connectivity index (χ4n) is 3.97. The zero-order valence-electron chi connectivity index (χ0n) is 17.7. The molecule has 0 saturated carbocycles. The predicted molar refractivity (Wildman–Crippen MR) is 120 cm³/mol. The van der Waals surface area contributed by atoms with Crippen LogP contribution in [0.2, 0.25) is 0 Å². The molecule has 7 nitrogen and oxygen atoms in total. The van der Waals surface area contributed by atoms with Crippen LogP contribution in [0.3, 0.4) is 0 Å². The Balaban J connectivity index is 1.44. The van der Waals surface area contributed by atoms with Gasteiger partial charge in [0.2, 0.25) is 15.9 Å². The summed E-state index contributed by atoms with van der Waals surface area (Å²) in [6, 6.07) is 18.0. The minimum absolute atomic E-state index is 0.0919. The number of benzene rings is 2. The summed E-state index contributed by atoms with van der Waals surface area (Å²) in [4.78, 5) is 13.2. The number of anilines is 1. The standard InChI is InChI=1S/C23H26N4O3S/c1-17-16-18(2)27(25-17)22-11-7-6-10-21(22)24-23(28)19-12-14-26(15-13-19)31(29,30)20-8-4-3-5-9-20/h3-11,16,19H,12-15H2,1-2H3,(H,24,28). The number of rotatable bonds is 5. The van der Waals surface area contributed by atoms with Crippen LogP contribution in [0.5, 0.6) is 0 Å². The predicted octanol–water partition coefficient (Wildman–Crippen LogP) is 3.53. The van der Waals surface area contributed by atoms with E-state index in [-0.39, 0.29) is 16.7 Å². The number of nitrogens with one attached hydrogen (secondary N) is 1. The third-order valence-corrected chi connectivity index (χ3v) is 7.52. The zero-order chi connectivity index (χ0) is 22.0. The van der Waals surface area contributed by atoms with Crippen molar-refractivity contribution in [1.29, 1.82) is 0 Å². The van der Waals surface area contributed by atoms with Gasteiger partial charge in [-0.05, 0) is 57.0 Å². The van der Waals surface area contributed by atoms with E-state index in [0.717, 1.165) is 17.1 Å².